The first-order chi connectivity index (χ1) is 10.0. The molecule has 1 aromatic carbocycles. The molecule has 1 fully saturated rings. The molecule has 7 nitrogen and oxygen atoms in total. The number of carboxylic acids is 1. The normalized spacial score (nSPS) is 21.1. The van der Waals surface area contributed by atoms with Crippen LogP contribution in [0.4, 0.5) is 10.5 Å². The Kier molecular flexibility index (Phi) is 4.64. The minimum Gasteiger partial charge on any atom is -0.497 e. The molecule has 1 aliphatic heterocycles. The number of benzene rings is 1. The highest BCUT2D eigenvalue weighted by Gasteiger charge is 2.39. The van der Waals surface area contributed by atoms with Crippen LogP contribution in [-0.4, -0.2) is 54.9 Å². The fraction of sp³-hybridized carbons (Fsp3) is 0.429. The second-order valence-corrected chi connectivity index (χ2v) is 4.76. The zero-order valence-electron chi connectivity index (χ0n) is 11.9. The van der Waals surface area contributed by atoms with Crippen molar-refractivity contribution in [2.45, 2.75) is 18.6 Å². The largest absolute Gasteiger partial charge is 0.497 e. The summed E-state index contributed by atoms with van der Waals surface area (Å²) >= 11 is 0. The Morgan fingerprint density at radius 3 is 2.76 bits per heavy atom. The van der Waals surface area contributed by atoms with Crippen LogP contribution in [0.5, 0.6) is 5.75 Å². The van der Waals surface area contributed by atoms with E-state index in [9.17, 15) is 14.7 Å². The van der Waals surface area contributed by atoms with Crippen LogP contribution in [0.2, 0.25) is 0 Å². The van der Waals surface area contributed by atoms with Crippen LogP contribution < -0.4 is 10.1 Å². The summed E-state index contributed by atoms with van der Waals surface area (Å²) in [6.07, 6.45) is 0.0272. The van der Waals surface area contributed by atoms with Crippen molar-refractivity contribution in [2.75, 3.05) is 26.1 Å². The van der Waals surface area contributed by atoms with Gasteiger partial charge in [0.25, 0.3) is 0 Å². The van der Waals surface area contributed by atoms with Gasteiger partial charge in [-0.2, -0.15) is 0 Å². The van der Waals surface area contributed by atoms with Gasteiger partial charge in [-0.3, -0.25) is 0 Å². The van der Waals surface area contributed by atoms with Crippen LogP contribution in [0.3, 0.4) is 0 Å². The molecule has 2 N–H and O–H groups in total. The first-order valence-corrected chi connectivity index (χ1v) is 6.52. The van der Waals surface area contributed by atoms with Crippen molar-refractivity contribution in [1.29, 1.82) is 0 Å². The average molecular weight is 294 g/mol. The second kappa shape index (κ2) is 6.45. The number of methoxy groups -OCH3 is 2. The topological polar surface area (TPSA) is 88.1 Å². The molecule has 1 aliphatic rings. The monoisotopic (exact) mass is 294 g/mol. The van der Waals surface area contributed by atoms with Crippen molar-refractivity contribution in [2.24, 2.45) is 0 Å². The Morgan fingerprint density at radius 2 is 2.14 bits per heavy atom. The molecule has 0 spiro atoms. The zero-order chi connectivity index (χ0) is 15.4. The fourth-order valence-electron chi connectivity index (χ4n) is 2.32. The third-order valence-electron chi connectivity index (χ3n) is 3.46. The van der Waals surface area contributed by atoms with Gasteiger partial charge in [-0.25, -0.2) is 9.59 Å². The SMILES string of the molecule is COc1cccc(NC(=O)N2CC(OC)CC2C(=O)O)c1. The zero-order valence-corrected chi connectivity index (χ0v) is 11.9. The van der Waals surface area contributed by atoms with Crippen molar-refractivity contribution in [3.8, 4) is 5.75 Å². The molecule has 0 bridgehead atoms. The number of urea groups is 1. The highest BCUT2D eigenvalue weighted by Crippen LogP contribution is 2.23. The third-order valence-corrected chi connectivity index (χ3v) is 3.46. The van der Waals surface area contributed by atoms with Crippen LogP contribution in [0.25, 0.3) is 0 Å². The van der Waals surface area contributed by atoms with E-state index in [1.807, 2.05) is 0 Å². The van der Waals surface area contributed by atoms with Gasteiger partial charge in [0.1, 0.15) is 11.8 Å². The van der Waals surface area contributed by atoms with Crippen molar-refractivity contribution >= 4 is 17.7 Å². The molecule has 0 saturated carbocycles. The van der Waals surface area contributed by atoms with Crippen molar-refractivity contribution < 1.29 is 24.2 Å². The van der Waals surface area contributed by atoms with Gasteiger partial charge in [-0.1, -0.05) is 6.07 Å². The maximum atomic E-state index is 12.2. The summed E-state index contributed by atoms with van der Waals surface area (Å²) in [5.41, 5.74) is 0.546. The summed E-state index contributed by atoms with van der Waals surface area (Å²) in [5.74, 6) is -0.422. The number of carbonyl (C=O) groups is 2. The number of carboxylic acid groups (broad SMARTS) is 1. The van der Waals surface area contributed by atoms with Crippen LogP contribution in [0.1, 0.15) is 6.42 Å². The molecule has 21 heavy (non-hydrogen) atoms. The van der Waals surface area contributed by atoms with E-state index >= 15 is 0 Å². The van der Waals surface area contributed by atoms with Gasteiger partial charge in [0.15, 0.2) is 0 Å². The van der Waals surface area contributed by atoms with Gasteiger partial charge in [-0.15, -0.1) is 0 Å². The first kappa shape index (κ1) is 15.1. The van der Waals surface area contributed by atoms with Gasteiger partial charge < -0.3 is 24.8 Å². The molecular weight excluding hydrogens is 276 g/mol. The van der Waals surface area contributed by atoms with Crippen LogP contribution >= 0.6 is 0 Å². The summed E-state index contributed by atoms with van der Waals surface area (Å²) in [4.78, 5) is 24.8. The molecule has 0 aromatic heterocycles. The van der Waals surface area contributed by atoms with Gasteiger partial charge >= 0.3 is 12.0 Å². The maximum Gasteiger partial charge on any atom is 0.326 e. The summed E-state index contributed by atoms with van der Waals surface area (Å²) in [6.45, 7) is 0.253. The molecule has 2 atom stereocenters. The van der Waals surface area contributed by atoms with Gasteiger partial charge in [0.05, 0.1) is 13.2 Å². The minimum absolute atomic E-state index is 0.253. The van der Waals surface area contributed by atoms with Crippen LogP contribution in [-0.2, 0) is 9.53 Å². The Morgan fingerprint density at radius 1 is 1.38 bits per heavy atom. The second-order valence-electron chi connectivity index (χ2n) is 4.76. The molecule has 0 aliphatic carbocycles. The van der Waals surface area contributed by atoms with E-state index in [0.29, 0.717) is 11.4 Å². The number of carbonyl (C=O) groups excluding carboxylic acids is 1. The number of rotatable bonds is 4. The Balaban J connectivity index is 2.09. The number of anilines is 1. The summed E-state index contributed by atoms with van der Waals surface area (Å²) < 4.78 is 10.2. The summed E-state index contributed by atoms with van der Waals surface area (Å²) in [5, 5.41) is 11.9. The number of nitrogens with one attached hydrogen (secondary N) is 1. The highest BCUT2D eigenvalue weighted by molar-refractivity contribution is 5.93. The lowest BCUT2D eigenvalue weighted by atomic mass is 10.2. The lowest BCUT2D eigenvalue weighted by Gasteiger charge is -2.21. The van der Waals surface area contributed by atoms with Gasteiger partial charge in [-0.05, 0) is 12.1 Å². The predicted octanol–water partition coefficient (Wildman–Crippen LogP) is 1.40. The Bertz CT molecular complexity index is 534. The van der Waals surface area contributed by atoms with Crippen molar-refractivity contribution in [1.82, 2.24) is 4.90 Å². The van der Waals surface area contributed by atoms with E-state index in [1.165, 1.54) is 19.1 Å². The third kappa shape index (κ3) is 3.43. The summed E-state index contributed by atoms with van der Waals surface area (Å²) in [6, 6.07) is 5.53. The first-order valence-electron chi connectivity index (χ1n) is 6.52. The lowest BCUT2D eigenvalue weighted by Crippen LogP contribution is -2.43. The Hall–Kier alpha value is -2.28. The fourth-order valence-corrected chi connectivity index (χ4v) is 2.32. The molecule has 2 amide bonds. The van der Waals surface area contributed by atoms with Crippen molar-refractivity contribution in [3.63, 3.8) is 0 Å². The number of hydrogen-bond donors (Lipinski definition) is 2. The smallest absolute Gasteiger partial charge is 0.326 e. The van der Waals surface area contributed by atoms with E-state index < -0.39 is 18.0 Å². The molecule has 0 radical (unpaired) electrons. The molecule has 7 heteroatoms. The molecule has 1 heterocycles. The molecule has 1 saturated heterocycles. The van der Waals surface area contributed by atoms with Gasteiger partial charge in [0.2, 0.25) is 0 Å². The van der Waals surface area contributed by atoms with E-state index in [0.717, 1.165) is 0 Å². The average Bonchev–Trinajstić information content (AvgIpc) is 2.92. The number of aliphatic carboxylic acids is 1. The minimum atomic E-state index is -1.03. The molecule has 1 aromatic rings. The number of likely N-dealkylation sites (tertiary alicyclic amines) is 1. The predicted molar refractivity (Wildman–Crippen MR) is 75.6 cm³/mol. The number of ether oxygens (including phenoxy) is 2. The van der Waals surface area contributed by atoms with Crippen LogP contribution in [0.15, 0.2) is 24.3 Å². The van der Waals surface area contributed by atoms with E-state index in [2.05, 4.69) is 5.32 Å². The highest BCUT2D eigenvalue weighted by atomic mass is 16.5. The number of nitrogens with zero attached hydrogens (tertiary/aromatic N) is 1. The number of hydrogen-bond acceptors (Lipinski definition) is 4. The van der Waals surface area contributed by atoms with Gasteiger partial charge in [0, 0.05) is 31.8 Å². The summed E-state index contributed by atoms with van der Waals surface area (Å²) in [7, 11) is 3.04. The molecule has 2 unspecified atom stereocenters. The molecular formula is C14H18N2O5. The molecule has 114 valence electrons. The van der Waals surface area contributed by atoms with Crippen LogP contribution in [0, 0.1) is 0 Å². The van der Waals surface area contributed by atoms with E-state index in [-0.39, 0.29) is 19.1 Å². The number of amides is 2. The standard InChI is InChI=1S/C14H18N2O5/c1-20-10-5-3-4-9(6-10)15-14(19)16-8-11(21-2)7-12(16)13(17)18/h3-6,11-12H,7-8H2,1-2H3,(H,15,19)(H,17,18). The lowest BCUT2D eigenvalue weighted by molar-refractivity contribution is -0.141. The maximum absolute atomic E-state index is 12.2. The quantitative estimate of drug-likeness (QED) is 0.876. The Labute approximate surface area is 122 Å². The van der Waals surface area contributed by atoms with E-state index in [1.54, 1.807) is 24.3 Å². The van der Waals surface area contributed by atoms with Crippen molar-refractivity contribution in [3.05, 3.63) is 24.3 Å². The molecule has 2 rings (SSSR count). The van der Waals surface area contributed by atoms with E-state index in [4.69, 9.17) is 9.47 Å².